The third-order valence-electron chi connectivity index (χ3n) is 5.49. The second kappa shape index (κ2) is 8.31. The molecule has 0 radical (unpaired) electrons. The van der Waals surface area contributed by atoms with E-state index in [1.165, 1.54) is 0 Å². The minimum Gasteiger partial charge on any atom is -0.497 e. The van der Waals surface area contributed by atoms with Gasteiger partial charge >= 0.3 is 5.63 Å². The van der Waals surface area contributed by atoms with E-state index in [1.807, 2.05) is 24.0 Å². The van der Waals surface area contributed by atoms with Crippen molar-refractivity contribution < 1.29 is 13.9 Å². The Morgan fingerprint density at radius 3 is 2.78 bits per heavy atom. The minimum atomic E-state index is -0.385. The van der Waals surface area contributed by atoms with Crippen molar-refractivity contribution in [2.24, 2.45) is 11.1 Å². The molecule has 2 heterocycles. The molecule has 2 aromatic rings. The van der Waals surface area contributed by atoms with Crippen LogP contribution in [0.25, 0.3) is 11.0 Å². The number of ether oxygens (including phenoxy) is 1. The Morgan fingerprint density at radius 1 is 1.41 bits per heavy atom. The Balaban J connectivity index is 0.00000261. The number of hydrogen-bond donors (Lipinski definition) is 1. The van der Waals surface area contributed by atoms with Crippen molar-refractivity contribution in [3.05, 3.63) is 39.7 Å². The third kappa shape index (κ3) is 4.28. The van der Waals surface area contributed by atoms with E-state index in [4.69, 9.17) is 14.9 Å². The molecular weight excluding hydrogens is 368 g/mol. The summed E-state index contributed by atoms with van der Waals surface area (Å²) in [5, 5.41) is 0.865. The lowest BCUT2D eigenvalue weighted by Crippen LogP contribution is -2.34. The van der Waals surface area contributed by atoms with Crippen LogP contribution in [0.2, 0.25) is 0 Å². The van der Waals surface area contributed by atoms with Gasteiger partial charge in [0.2, 0.25) is 5.91 Å². The molecule has 1 atom stereocenters. The Hall–Kier alpha value is -2.05. The molecule has 1 aliphatic rings. The highest BCUT2D eigenvalue weighted by Gasteiger charge is 2.34. The molecule has 1 aromatic heterocycles. The molecule has 148 valence electrons. The summed E-state index contributed by atoms with van der Waals surface area (Å²) in [4.78, 5) is 26.8. The number of hydrogen-bond acceptors (Lipinski definition) is 5. The lowest BCUT2D eigenvalue weighted by atomic mass is 9.90. The first-order valence-electron chi connectivity index (χ1n) is 8.95. The summed E-state index contributed by atoms with van der Waals surface area (Å²) in [5.41, 5.74) is 7.36. The first kappa shape index (κ1) is 21.3. The Morgan fingerprint density at radius 2 is 2.15 bits per heavy atom. The number of aryl methyl sites for hydroxylation is 1. The molecule has 1 saturated heterocycles. The quantitative estimate of drug-likeness (QED) is 0.788. The van der Waals surface area contributed by atoms with E-state index in [-0.39, 0.29) is 29.4 Å². The topological polar surface area (TPSA) is 85.8 Å². The maximum absolute atomic E-state index is 12.5. The summed E-state index contributed by atoms with van der Waals surface area (Å²) in [6.07, 6.45) is 1.60. The highest BCUT2D eigenvalue weighted by molar-refractivity contribution is 5.85. The standard InChI is InChI=1S/C20H26N2O4.ClH/c1-13-15-5-4-14(25-3)10-17(15)26-19(24)16(13)6-7-18(23)22-9-8-20(2,11-21)12-22;/h4-5,10H,6-9,11-12,21H2,1-3H3;1H. The van der Waals surface area contributed by atoms with Gasteiger partial charge in [0.1, 0.15) is 11.3 Å². The van der Waals surface area contributed by atoms with Gasteiger partial charge in [-0.1, -0.05) is 6.92 Å². The molecule has 1 aromatic carbocycles. The zero-order valence-corrected chi connectivity index (χ0v) is 16.9. The molecule has 1 aliphatic heterocycles. The summed E-state index contributed by atoms with van der Waals surface area (Å²) in [5.74, 6) is 0.704. The average Bonchev–Trinajstić information content (AvgIpc) is 3.04. The summed E-state index contributed by atoms with van der Waals surface area (Å²) in [6, 6.07) is 5.42. The highest BCUT2D eigenvalue weighted by Crippen LogP contribution is 2.29. The van der Waals surface area contributed by atoms with Crippen molar-refractivity contribution in [2.45, 2.75) is 33.1 Å². The Kier molecular flexibility index (Phi) is 6.54. The fourth-order valence-electron chi connectivity index (χ4n) is 3.58. The monoisotopic (exact) mass is 394 g/mol. The fraction of sp³-hybridized carbons (Fsp3) is 0.500. The van der Waals surface area contributed by atoms with Crippen LogP contribution in [0.3, 0.4) is 0 Å². The van der Waals surface area contributed by atoms with E-state index in [1.54, 1.807) is 13.2 Å². The van der Waals surface area contributed by atoms with Crippen LogP contribution in [-0.2, 0) is 11.2 Å². The van der Waals surface area contributed by atoms with Crippen LogP contribution in [0, 0.1) is 12.3 Å². The first-order valence-corrected chi connectivity index (χ1v) is 8.95. The van der Waals surface area contributed by atoms with Crippen molar-refractivity contribution in [1.82, 2.24) is 4.90 Å². The minimum absolute atomic E-state index is 0. The second-order valence-corrected chi connectivity index (χ2v) is 7.44. The molecule has 7 heteroatoms. The molecule has 1 fully saturated rings. The van der Waals surface area contributed by atoms with Crippen molar-refractivity contribution in [3.63, 3.8) is 0 Å². The summed E-state index contributed by atoms with van der Waals surface area (Å²) >= 11 is 0. The predicted octanol–water partition coefficient (Wildman–Crippen LogP) is 2.66. The number of nitrogens with two attached hydrogens (primary N) is 1. The first-order chi connectivity index (χ1) is 12.4. The predicted molar refractivity (Wildman–Crippen MR) is 108 cm³/mol. The van der Waals surface area contributed by atoms with Crippen LogP contribution in [0.4, 0.5) is 0 Å². The van der Waals surface area contributed by atoms with Crippen molar-refractivity contribution >= 4 is 29.3 Å². The lowest BCUT2D eigenvalue weighted by Gasteiger charge is -2.22. The van der Waals surface area contributed by atoms with E-state index in [0.717, 1.165) is 23.9 Å². The van der Waals surface area contributed by atoms with Gasteiger partial charge in [0, 0.05) is 36.5 Å². The van der Waals surface area contributed by atoms with Gasteiger partial charge in [0.15, 0.2) is 0 Å². The maximum Gasteiger partial charge on any atom is 0.339 e. The maximum atomic E-state index is 12.5. The van der Waals surface area contributed by atoms with Gasteiger partial charge in [0.25, 0.3) is 0 Å². The van der Waals surface area contributed by atoms with Gasteiger partial charge in [-0.25, -0.2) is 4.79 Å². The summed E-state index contributed by atoms with van der Waals surface area (Å²) < 4.78 is 10.6. The lowest BCUT2D eigenvalue weighted by molar-refractivity contribution is -0.130. The number of fused-ring (bicyclic) bond motifs is 1. The number of carbonyl (C=O) groups excluding carboxylic acids is 1. The number of halogens is 1. The SMILES string of the molecule is COc1ccc2c(C)c(CCC(=O)N3CCC(C)(CN)C3)c(=O)oc2c1.Cl. The normalized spacial score (nSPS) is 19.2. The van der Waals surface area contributed by atoms with Crippen molar-refractivity contribution in [2.75, 3.05) is 26.7 Å². The molecule has 27 heavy (non-hydrogen) atoms. The van der Waals surface area contributed by atoms with Crippen molar-refractivity contribution in [3.8, 4) is 5.75 Å². The smallest absolute Gasteiger partial charge is 0.339 e. The van der Waals surface area contributed by atoms with Gasteiger partial charge in [-0.05, 0) is 49.4 Å². The van der Waals surface area contributed by atoms with Crippen LogP contribution >= 0.6 is 12.4 Å². The van der Waals surface area contributed by atoms with Crippen LogP contribution in [0.15, 0.2) is 27.4 Å². The number of nitrogens with zero attached hydrogens (tertiary/aromatic N) is 1. The third-order valence-corrected chi connectivity index (χ3v) is 5.49. The molecule has 0 spiro atoms. The highest BCUT2D eigenvalue weighted by atomic mass is 35.5. The number of methoxy groups -OCH3 is 1. The number of benzene rings is 1. The van der Waals surface area contributed by atoms with Crippen LogP contribution in [0.5, 0.6) is 5.75 Å². The van der Waals surface area contributed by atoms with Crippen LogP contribution < -0.4 is 16.1 Å². The molecular formula is C20H27ClN2O4. The number of amides is 1. The second-order valence-electron chi connectivity index (χ2n) is 7.44. The largest absolute Gasteiger partial charge is 0.497 e. The van der Waals surface area contributed by atoms with E-state index >= 15 is 0 Å². The Bertz CT molecular complexity index is 895. The fourth-order valence-corrected chi connectivity index (χ4v) is 3.58. The van der Waals surface area contributed by atoms with Gasteiger partial charge in [0.05, 0.1) is 7.11 Å². The van der Waals surface area contributed by atoms with Gasteiger partial charge in [-0.15, -0.1) is 12.4 Å². The molecule has 6 nitrogen and oxygen atoms in total. The van der Waals surface area contributed by atoms with Gasteiger partial charge in [-0.2, -0.15) is 0 Å². The van der Waals surface area contributed by atoms with E-state index in [2.05, 4.69) is 6.92 Å². The average molecular weight is 395 g/mol. The van der Waals surface area contributed by atoms with Crippen LogP contribution in [0.1, 0.15) is 30.9 Å². The summed E-state index contributed by atoms with van der Waals surface area (Å²) in [7, 11) is 1.57. The molecule has 0 bridgehead atoms. The Labute approximate surface area is 165 Å². The number of likely N-dealkylation sites (tertiary alicyclic amines) is 1. The molecule has 2 N–H and O–H groups in total. The van der Waals surface area contributed by atoms with E-state index < -0.39 is 0 Å². The zero-order valence-electron chi connectivity index (χ0n) is 16.0. The van der Waals surface area contributed by atoms with Gasteiger partial charge < -0.3 is 19.8 Å². The van der Waals surface area contributed by atoms with E-state index in [9.17, 15) is 9.59 Å². The van der Waals surface area contributed by atoms with E-state index in [0.29, 0.717) is 42.8 Å². The molecule has 0 aliphatic carbocycles. The number of carbonyl (C=O) groups is 1. The molecule has 0 saturated carbocycles. The zero-order chi connectivity index (χ0) is 18.9. The summed E-state index contributed by atoms with van der Waals surface area (Å²) in [6.45, 7) is 6.00. The van der Waals surface area contributed by atoms with Crippen molar-refractivity contribution in [1.29, 1.82) is 0 Å². The molecule has 1 unspecified atom stereocenters. The molecule has 1 amide bonds. The van der Waals surface area contributed by atoms with Crippen LogP contribution in [-0.4, -0.2) is 37.6 Å². The number of rotatable bonds is 5. The van der Waals surface area contributed by atoms with Gasteiger partial charge in [-0.3, -0.25) is 4.79 Å². The molecule has 3 rings (SSSR count).